The molecule has 1 heterocycles. The summed E-state index contributed by atoms with van der Waals surface area (Å²) in [5.74, 6) is 1.11. The van der Waals surface area contributed by atoms with Gasteiger partial charge in [0.2, 0.25) is 0 Å². The molecule has 1 unspecified atom stereocenters. The van der Waals surface area contributed by atoms with Gasteiger partial charge in [-0.1, -0.05) is 8.93 Å². The molecule has 0 saturated carbocycles. The molecular weight excluding hydrogens is 249 g/mol. The third kappa shape index (κ3) is 2.61. The fourth-order valence-corrected chi connectivity index (χ4v) is 2.72. The molecule has 54 valence electrons. The summed E-state index contributed by atoms with van der Waals surface area (Å²) in [7, 11) is 1.80. The predicted molar refractivity (Wildman–Crippen MR) is 48.6 cm³/mol. The SMILES string of the molecule is OC1CC[C@@H](CSI)N1. The second-order valence-corrected chi connectivity index (χ2v) is 4.65. The number of hydrogen-bond acceptors (Lipinski definition) is 3. The number of aliphatic hydroxyl groups excluding tert-OH is 1. The average Bonchev–Trinajstić information content (AvgIpc) is 2.17. The molecule has 0 aromatic rings. The topological polar surface area (TPSA) is 32.3 Å². The number of hydrogen-bond donors (Lipinski definition) is 2. The van der Waals surface area contributed by atoms with E-state index in [1.807, 2.05) is 0 Å². The Morgan fingerprint density at radius 2 is 2.44 bits per heavy atom. The predicted octanol–water partition coefficient (Wildman–Crippen LogP) is 1.14. The van der Waals surface area contributed by atoms with Crippen molar-refractivity contribution in [3.63, 3.8) is 0 Å². The first-order chi connectivity index (χ1) is 4.33. The van der Waals surface area contributed by atoms with Gasteiger partial charge in [-0.05, 0) is 34.0 Å². The summed E-state index contributed by atoms with van der Waals surface area (Å²) in [6.07, 6.45) is 1.80. The molecule has 0 aromatic heterocycles. The lowest BCUT2D eigenvalue weighted by molar-refractivity contribution is 0.156. The van der Waals surface area contributed by atoms with Crippen LogP contribution >= 0.6 is 30.1 Å². The summed E-state index contributed by atoms with van der Waals surface area (Å²) in [5.41, 5.74) is 0. The maximum atomic E-state index is 9.00. The zero-order chi connectivity index (χ0) is 6.69. The Labute approximate surface area is 71.4 Å². The van der Waals surface area contributed by atoms with E-state index in [-0.39, 0.29) is 6.23 Å². The van der Waals surface area contributed by atoms with Crippen molar-refractivity contribution >= 4 is 30.1 Å². The Kier molecular flexibility index (Phi) is 3.60. The van der Waals surface area contributed by atoms with E-state index in [2.05, 4.69) is 26.5 Å². The Balaban J connectivity index is 2.14. The van der Waals surface area contributed by atoms with Gasteiger partial charge in [-0.15, -0.1) is 0 Å². The maximum Gasteiger partial charge on any atom is 0.105 e. The quantitative estimate of drug-likeness (QED) is 0.729. The van der Waals surface area contributed by atoms with Gasteiger partial charge >= 0.3 is 0 Å². The number of rotatable bonds is 2. The van der Waals surface area contributed by atoms with Crippen LogP contribution in [-0.2, 0) is 0 Å². The van der Waals surface area contributed by atoms with Crippen molar-refractivity contribution in [1.82, 2.24) is 5.32 Å². The molecular formula is C5H10INOS. The number of aliphatic hydroxyl groups is 1. The Morgan fingerprint density at radius 3 is 2.89 bits per heavy atom. The van der Waals surface area contributed by atoms with Crippen molar-refractivity contribution in [2.45, 2.75) is 25.1 Å². The molecule has 2 N–H and O–H groups in total. The highest BCUT2D eigenvalue weighted by Crippen LogP contribution is 2.18. The molecule has 2 nitrogen and oxygen atoms in total. The Bertz CT molecular complexity index is 91.0. The van der Waals surface area contributed by atoms with Crippen molar-refractivity contribution in [2.24, 2.45) is 0 Å². The van der Waals surface area contributed by atoms with E-state index in [0.717, 1.165) is 18.6 Å². The molecule has 0 amide bonds. The second-order valence-electron chi connectivity index (χ2n) is 2.23. The highest BCUT2D eigenvalue weighted by molar-refractivity contribution is 14.2. The lowest BCUT2D eigenvalue weighted by atomic mass is 10.2. The largest absolute Gasteiger partial charge is 0.379 e. The highest BCUT2D eigenvalue weighted by Gasteiger charge is 2.20. The van der Waals surface area contributed by atoms with Crippen LogP contribution in [0.5, 0.6) is 0 Å². The van der Waals surface area contributed by atoms with Crippen LogP contribution in [0.1, 0.15) is 12.8 Å². The molecule has 4 heteroatoms. The Hall–Kier alpha value is 1.00. The summed E-state index contributed by atoms with van der Waals surface area (Å²) in [5, 5.41) is 12.1. The first-order valence-corrected chi connectivity index (χ1v) is 6.53. The summed E-state index contributed by atoms with van der Waals surface area (Å²) >= 11 is 2.28. The van der Waals surface area contributed by atoms with Gasteiger partial charge < -0.3 is 5.11 Å². The lowest BCUT2D eigenvalue weighted by Gasteiger charge is -2.06. The van der Waals surface area contributed by atoms with E-state index in [9.17, 15) is 0 Å². The monoisotopic (exact) mass is 259 g/mol. The van der Waals surface area contributed by atoms with E-state index in [1.54, 1.807) is 8.93 Å². The molecule has 9 heavy (non-hydrogen) atoms. The van der Waals surface area contributed by atoms with Crippen LogP contribution in [0, 0.1) is 0 Å². The van der Waals surface area contributed by atoms with E-state index < -0.39 is 0 Å². The van der Waals surface area contributed by atoms with Crippen LogP contribution in [0.3, 0.4) is 0 Å². The van der Waals surface area contributed by atoms with Gasteiger partial charge in [-0.25, -0.2) is 0 Å². The summed E-state index contributed by atoms with van der Waals surface area (Å²) in [4.78, 5) is 0. The van der Waals surface area contributed by atoms with Gasteiger partial charge in [0.05, 0.1) is 0 Å². The minimum Gasteiger partial charge on any atom is -0.379 e. The summed E-state index contributed by atoms with van der Waals surface area (Å²) < 4.78 is 0. The van der Waals surface area contributed by atoms with Crippen molar-refractivity contribution in [3.05, 3.63) is 0 Å². The van der Waals surface area contributed by atoms with Crippen molar-refractivity contribution in [3.8, 4) is 0 Å². The molecule has 1 saturated heterocycles. The highest BCUT2D eigenvalue weighted by atomic mass is 127. The fourth-order valence-electron chi connectivity index (χ4n) is 1.01. The lowest BCUT2D eigenvalue weighted by Crippen LogP contribution is -2.30. The molecule has 0 spiro atoms. The second kappa shape index (κ2) is 4.00. The normalized spacial score (nSPS) is 35.3. The summed E-state index contributed by atoms with van der Waals surface area (Å²) in [6, 6.07) is 0.543. The van der Waals surface area contributed by atoms with Crippen molar-refractivity contribution < 1.29 is 5.11 Å². The van der Waals surface area contributed by atoms with E-state index in [4.69, 9.17) is 5.11 Å². The molecule has 0 aliphatic carbocycles. The van der Waals surface area contributed by atoms with Gasteiger partial charge in [0.15, 0.2) is 0 Å². The zero-order valence-corrected chi connectivity index (χ0v) is 7.98. The van der Waals surface area contributed by atoms with Crippen LogP contribution in [0.4, 0.5) is 0 Å². The average molecular weight is 259 g/mol. The summed E-state index contributed by atoms with van der Waals surface area (Å²) in [6.45, 7) is 0. The molecule has 1 aliphatic heterocycles. The van der Waals surface area contributed by atoms with Gasteiger partial charge in [0.1, 0.15) is 6.23 Å². The molecule has 2 atom stereocenters. The molecule has 1 fully saturated rings. The fraction of sp³-hybridized carbons (Fsp3) is 1.00. The molecule has 0 radical (unpaired) electrons. The van der Waals surface area contributed by atoms with E-state index in [1.165, 1.54) is 0 Å². The van der Waals surface area contributed by atoms with Crippen LogP contribution in [0.25, 0.3) is 0 Å². The molecule has 0 aromatic carbocycles. The van der Waals surface area contributed by atoms with Crippen LogP contribution in [0.2, 0.25) is 0 Å². The van der Waals surface area contributed by atoms with Crippen LogP contribution < -0.4 is 5.32 Å². The minimum absolute atomic E-state index is 0.237. The Morgan fingerprint density at radius 1 is 1.67 bits per heavy atom. The molecule has 1 aliphatic rings. The molecule has 1 rings (SSSR count). The van der Waals surface area contributed by atoms with Crippen LogP contribution in [-0.4, -0.2) is 23.1 Å². The smallest absolute Gasteiger partial charge is 0.105 e. The van der Waals surface area contributed by atoms with Gasteiger partial charge in [-0.3, -0.25) is 5.32 Å². The van der Waals surface area contributed by atoms with Gasteiger partial charge in [-0.2, -0.15) is 0 Å². The maximum absolute atomic E-state index is 9.00. The van der Waals surface area contributed by atoms with Gasteiger partial charge in [0.25, 0.3) is 0 Å². The van der Waals surface area contributed by atoms with E-state index in [0.29, 0.717) is 6.04 Å². The van der Waals surface area contributed by atoms with Crippen molar-refractivity contribution in [1.29, 1.82) is 0 Å². The molecule has 0 bridgehead atoms. The van der Waals surface area contributed by atoms with E-state index >= 15 is 0 Å². The van der Waals surface area contributed by atoms with Gasteiger partial charge in [0, 0.05) is 11.8 Å². The minimum atomic E-state index is -0.237. The third-order valence-electron chi connectivity index (χ3n) is 1.48. The zero-order valence-electron chi connectivity index (χ0n) is 5.01. The van der Waals surface area contributed by atoms with Crippen molar-refractivity contribution in [2.75, 3.05) is 5.75 Å². The first kappa shape index (κ1) is 8.10. The van der Waals surface area contributed by atoms with Crippen LogP contribution in [0.15, 0.2) is 0 Å². The standard InChI is InChI=1S/C5H10INOS/c6-9-3-4-1-2-5(8)7-4/h4-5,7-8H,1-3H2/t4-,5?/m0/s1. The third-order valence-corrected chi connectivity index (χ3v) is 3.09. The number of nitrogens with one attached hydrogen (secondary N) is 1. The number of halogens is 1. The first-order valence-electron chi connectivity index (χ1n) is 3.00.